The third kappa shape index (κ3) is 6.73. The molecule has 0 radical (unpaired) electrons. The molecule has 0 aromatic heterocycles. The van der Waals surface area contributed by atoms with Gasteiger partial charge in [0, 0.05) is 63.0 Å². The van der Waals surface area contributed by atoms with Crippen molar-refractivity contribution in [1.82, 2.24) is 20.0 Å². The van der Waals surface area contributed by atoms with Gasteiger partial charge in [0.05, 0.1) is 4.92 Å². The molecule has 2 aliphatic rings. The molecule has 38 heavy (non-hydrogen) atoms. The molecule has 0 spiro atoms. The van der Waals surface area contributed by atoms with E-state index in [1.807, 2.05) is 4.90 Å². The molecule has 2 amide bonds. The quantitative estimate of drug-likeness (QED) is 0.420. The Morgan fingerprint density at radius 2 is 1.82 bits per heavy atom. The van der Waals surface area contributed by atoms with Crippen molar-refractivity contribution < 1.29 is 18.9 Å². The molecule has 0 saturated carbocycles. The first-order valence-electron chi connectivity index (χ1n) is 13.3. The van der Waals surface area contributed by atoms with Crippen LogP contribution in [0.3, 0.4) is 0 Å². The SMILES string of the molecule is CC(C)CN(Cc1ccc([N+](=O)[O-])cc1)C1CC(C(=O)N2CCCNCC2)N(C(=O)c2ccc(F)cc2)C1. The Morgan fingerprint density at radius 1 is 1.11 bits per heavy atom. The molecule has 0 bridgehead atoms. The van der Waals surface area contributed by atoms with Crippen LogP contribution >= 0.6 is 0 Å². The highest BCUT2D eigenvalue weighted by Crippen LogP contribution is 2.28. The zero-order chi connectivity index (χ0) is 27.2. The number of nitrogens with zero attached hydrogens (tertiary/aromatic N) is 4. The fraction of sp³-hybridized carbons (Fsp3) is 0.500. The van der Waals surface area contributed by atoms with Gasteiger partial charge in [0.2, 0.25) is 5.91 Å². The number of nitro groups is 1. The van der Waals surface area contributed by atoms with Crippen LogP contribution < -0.4 is 5.32 Å². The molecule has 4 rings (SSSR count). The number of carbonyl (C=O) groups is 2. The third-order valence-corrected chi connectivity index (χ3v) is 7.22. The lowest BCUT2D eigenvalue weighted by molar-refractivity contribution is -0.384. The van der Waals surface area contributed by atoms with Crippen LogP contribution in [0.1, 0.15) is 42.6 Å². The van der Waals surface area contributed by atoms with Gasteiger partial charge >= 0.3 is 0 Å². The Kier molecular flexibility index (Phi) is 9.06. The molecule has 2 unspecified atom stereocenters. The highest BCUT2D eigenvalue weighted by Gasteiger charge is 2.43. The van der Waals surface area contributed by atoms with Gasteiger partial charge in [-0.15, -0.1) is 0 Å². The molecular formula is C28H36FN5O4. The number of halogens is 1. The molecule has 10 heteroatoms. The van der Waals surface area contributed by atoms with E-state index >= 15 is 0 Å². The van der Waals surface area contributed by atoms with E-state index in [2.05, 4.69) is 24.1 Å². The maximum Gasteiger partial charge on any atom is 0.269 e. The lowest BCUT2D eigenvalue weighted by Crippen LogP contribution is -2.48. The zero-order valence-electron chi connectivity index (χ0n) is 22.0. The van der Waals surface area contributed by atoms with Crippen molar-refractivity contribution in [3.8, 4) is 0 Å². The Hall–Kier alpha value is -3.37. The van der Waals surface area contributed by atoms with Gasteiger partial charge in [-0.1, -0.05) is 26.0 Å². The summed E-state index contributed by atoms with van der Waals surface area (Å²) in [6, 6.07) is 11.3. The minimum Gasteiger partial charge on any atom is -0.340 e. The van der Waals surface area contributed by atoms with Gasteiger partial charge in [-0.2, -0.15) is 0 Å². The van der Waals surface area contributed by atoms with Gasteiger partial charge in [0.1, 0.15) is 11.9 Å². The third-order valence-electron chi connectivity index (χ3n) is 7.22. The van der Waals surface area contributed by atoms with Crippen LogP contribution in [0, 0.1) is 21.8 Å². The molecule has 2 atom stereocenters. The van der Waals surface area contributed by atoms with Gasteiger partial charge in [0.15, 0.2) is 0 Å². The van der Waals surface area contributed by atoms with Crippen molar-refractivity contribution in [3.05, 3.63) is 75.6 Å². The topological polar surface area (TPSA) is 99.0 Å². The molecule has 2 heterocycles. The van der Waals surface area contributed by atoms with Crippen LogP contribution in [-0.2, 0) is 11.3 Å². The number of likely N-dealkylation sites (tertiary alicyclic amines) is 1. The van der Waals surface area contributed by atoms with Crippen LogP contribution in [0.4, 0.5) is 10.1 Å². The molecular weight excluding hydrogens is 489 g/mol. The summed E-state index contributed by atoms with van der Waals surface area (Å²) in [5.74, 6) is -0.414. The minimum absolute atomic E-state index is 0.0405. The van der Waals surface area contributed by atoms with E-state index in [1.165, 1.54) is 36.4 Å². The number of amides is 2. The number of carbonyl (C=O) groups excluding carboxylic acids is 2. The van der Waals surface area contributed by atoms with Crippen molar-refractivity contribution in [2.45, 2.75) is 45.3 Å². The molecule has 2 aliphatic heterocycles. The zero-order valence-corrected chi connectivity index (χ0v) is 22.0. The smallest absolute Gasteiger partial charge is 0.269 e. The van der Waals surface area contributed by atoms with Crippen molar-refractivity contribution in [3.63, 3.8) is 0 Å². The normalized spacial score (nSPS) is 20.1. The first-order chi connectivity index (χ1) is 18.2. The largest absolute Gasteiger partial charge is 0.340 e. The van der Waals surface area contributed by atoms with Crippen molar-refractivity contribution >= 4 is 17.5 Å². The second-order valence-electron chi connectivity index (χ2n) is 10.5. The summed E-state index contributed by atoms with van der Waals surface area (Å²) in [6.07, 6.45) is 1.35. The van der Waals surface area contributed by atoms with E-state index in [0.717, 1.165) is 25.1 Å². The van der Waals surface area contributed by atoms with Crippen LogP contribution in [0.2, 0.25) is 0 Å². The Morgan fingerprint density at radius 3 is 2.47 bits per heavy atom. The molecule has 9 nitrogen and oxygen atoms in total. The summed E-state index contributed by atoms with van der Waals surface area (Å²) in [4.78, 5) is 43.8. The predicted octanol–water partition coefficient (Wildman–Crippen LogP) is 3.30. The van der Waals surface area contributed by atoms with E-state index < -0.39 is 16.8 Å². The van der Waals surface area contributed by atoms with Crippen molar-refractivity contribution in [2.75, 3.05) is 39.3 Å². The average molecular weight is 526 g/mol. The number of rotatable bonds is 8. The summed E-state index contributed by atoms with van der Waals surface area (Å²) in [7, 11) is 0. The fourth-order valence-corrected chi connectivity index (χ4v) is 5.34. The van der Waals surface area contributed by atoms with E-state index in [1.54, 1.807) is 17.0 Å². The second-order valence-corrected chi connectivity index (χ2v) is 10.5. The lowest BCUT2D eigenvalue weighted by atomic mass is 10.1. The Bertz CT molecular complexity index is 1120. The highest BCUT2D eigenvalue weighted by molar-refractivity contribution is 5.98. The number of hydrogen-bond acceptors (Lipinski definition) is 6. The summed E-state index contributed by atoms with van der Waals surface area (Å²) < 4.78 is 13.5. The Balaban J connectivity index is 1.60. The monoisotopic (exact) mass is 525 g/mol. The summed E-state index contributed by atoms with van der Waals surface area (Å²) in [6.45, 7) is 8.71. The number of benzene rings is 2. The van der Waals surface area contributed by atoms with E-state index in [0.29, 0.717) is 50.6 Å². The van der Waals surface area contributed by atoms with Crippen molar-refractivity contribution in [2.24, 2.45) is 5.92 Å². The van der Waals surface area contributed by atoms with Crippen LogP contribution in [0.15, 0.2) is 48.5 Å². The van der Waals surface area contributed by atoms with E-state index in [4.69, 9.17) is 0 Å². The predicted molar refractivity (Wildman–Crippen MR) is 142 cm³/mol. The first-order valence-corrected chi connectivity index (χ1v) is 13.3. The lowest BCUT2D eigenvalue weighted by Gasteiger charge is -2.30. The maximum atomic E-state index is 13.8. The van der Waals surface area contributed by atoms with E-state index in [9.17, 15) is 24.1 Å². The summed E-state index contributed by atoms with van der Waals surface area (Å²) in [5, 5.41) is 14.4. The molecule has 2 saturated heterocycles. The highest BCUT2D eigenvalue weighted by atomic mass is 19.1. The molecule has 0 aliphatic carbocycles. The first kappa shape index (κ1) is 27.7. The summed E-state index contributed by atoms with van der Waals surface area (Å²) >= 11 is 0. The average Bonchev–Trinajstić information content (AvgIpc) is 3.16. The molecule has 2 aromatic rings. The number of nitrogens with one attached hydrogen (secondary N) is 1. The van der Waals surface area contributed by atoms with Gasteiger partial charge in [-0.25, -0.2) is 4.39 Å². The second kappa shape index (κ2) is 12.4. The van der Waals surface area contributed by atoms with Gasteiger partial charge < -0.3 is 15.1 Å². The van der Waals surface area contributed by atoms with Crippen LogP contribution in [0.25, 0.3) is 0 Å². The van der Waals surface area contributed by atoms with E-state index in [-0.39, 0.29) is 23.5 Å². The maximum absolute atomic E-state index is 13.8. The molecule has 204 valence electrons. The molecule has 2 aromatic carbocycles. The molecule has 2 fully saturated rings. The standard InChI is InChI=1S/C28H36FN5O4/c1-20(2)17-32(18-21-4-10-24(11-5-21)34(37)38)25-16-26(28(36)31-14-3-12-30-13-15-31)33(19-25)27(35)22-6-8-23(29)9-7-22/h4-11,20,25-26,30H,3,12-19H2,1-2H3. The number of hydrogen-bond donors (Lipinski definition) is 1. The number of non-ortho nitro benzene ring substituents is 1. The Labute approximate surface area is 222 Å². The summed E-state index contributed by atoms with van der Waals surface area (Å²) in [5.41, 5.74) is 1.33. The number of nitro benzene ring substituents is 1. The van der Waals surface area contributed by atoms with Gasteiger partial charge in [-0.05, 0) is 55.1 Å². The fourth-order valence-electron chi connectivity index (χ4n) is 5.34. The minimum atomic E-state index is -0.609. The van der Waals surface area contributed by atoms with Crippen LogP contribution in [0.5, 0.6) is 0 Å². The van der Waals surface area contributed by atoms with Crippen LogP contribution in [-0.4, -0.2) is 82.8 Å². The molecule has 1 N–H and O–H groups in total. The van der Waals surface area contributed by atoms with Gasteiger partial charge in [-0.3, -0.25) is 24.6 Å². The van der Waals surface area contributed by atoms with Crippen molar-refractivity contribution in [1.29, 1.82) is 0 Å². The van der Waals surface area contributed by atoms with Gasteiger partial charge in [0.25, 0.3) is 11.6 Å².